The van der Waals surface area contributed by atoms with Crippen molar-refractivity contribution < 1.29 is 17.9 Å². The van der Waals surface area contributed by atoms with Gasteiger partial charge in [-0.3, -0.25) is 10.2 Å². The maximum absolute atomic E-state index is 12.3. The van der Waals surface area contributed by atoms with E-state index in [2.05, 4.69) is 10.3 Å². The summed E-state index contributed by atoms with van der Waals surface area (Å²) in [4.78, 5) is 14.2. The average molecular weight is 334 g/mol. The van der Waals surface area contributed by atoms with Crippen LogP contribution in [0.1, 0.15) is 21.5 Å². The summed E-state index contributed by atoms with van der Waals surface area (Å²) in [6.07, 6.45) is 0. The van der Waals surface area contributed by atoms with Gasteiger partial charge in [-0.15, -0.1) is 4.83 Å². The molecule has 0 aliphatic heterocycles. The van der Waals surface area contributed by atoms with E-state index in [4.69, 9.17) is 4.74 Å². The van der Waals surface area contributed by atoms with Crippen LogP contribution in [-0.4, -0.2) is 21.4 Å². The Morgan fingerprint density at radius 3 is 2.26 bits per heavy atom. The summed E-state index contributed by atoms with van der Waals surface area (Å²) in [7, 11) is -2.31. The number of hydrazine groups is 1. The molecule has 0 radical (unpaired) electrons. The molecule has 0 aromatic heterocycles. The van der Waals surface area contributed by atoms with Crippen molar-refractivity contribution in [2.24, 2.45) is 0 Å². The molecule has 2 aromatic carbocycles. The summed E-state index contributed by atoms with van der Waals surface area (Å²) in [6.45, 7) is 3.58. The Morgan fingerprint density at radius 2 is 1.70 bits per heavy atom. The molecule has 0 unspecified atom stereocenters. The standard InChI is InChI=1S/C16H18N2O4S/c1-11-4-9-15(12(2)10-11)23(20,21)18-17-16(19)13-5-7-14(22-3)8-6-13/h4-10,18H,1-3H3,(H,17,19). The molecule has 0 saturated heterocycles. The number of ether oxygens (including phenoxy) is 1. The quantitative estimate of drug-likeness (QED) is 0.819. The molecule has 0 heterocycles. The van der Waals surface area contributed by atoms with E-state index in [0.717, 1.165) is 5.56 Å². The van der Waals surface area contributed by atoms with Gasteiger partial charge in [0.15, 0.2) is 0 Å². The van der Waals surface area contributed by atoms with Gasteiger partial charge < -0.3 is 4.74 Å². The number of benzene rings is 2. The summed E-state index contributed by atoms with van der Waals surface area (Å²) < 4.78 is 29.5. The van der Waals surface area contributed by atoms with Crippen molar-refractivity contribution in [1.29, 1.82) is 0 Å². The van der Waals surface area contributed by atoms with Crippen LogP contribution in [0.4, 0.5) is 0 Å². The first-order valence-electron chi connectivity index (χ1n) is 6.87. The number of rotatable bonds is 5. The molecule has 0 aliphatic rings. The first-order chi connectivity index (χ1) is 10.8. The molecular formula is C16H18N2O4S. The van der Waals surface area contributed by atoms with E-state index >= 15 is 0 Å². The fourth-order valence-corrected chi connectivity index (χ4v) is 3.15. The zero-order valence-electron chi connectivity index (χ0n) is 13.1. The summed E-state index contributed by atoms with van der Waals surface area (Å²) >= 11 is 0. The maximum atomic E-state index is 12.3. The van der Waals surface area contributed by atoms with Crippen molar-refractivity contribution in [2.45, 2.75) is 18.7 Å². The Kier molecular flexibility index (Phi) is 5.02. The summed E-state index contributed by atoms with van der Waals surface area (Å²) in [5, 5.41) is 0. The van der Waals surface area contributed by atoms with E-state index in [0.29, 0.717) is 16.9 Å². The topological polar surface area (TPSA) is 84.5 Å². The number of hydrogen-bond donors (Lipinski definition) is 2. The second-order valence-electron chi connectivity index (χ2n) is 5.06. The third-order valence-electron chi connectivity index (χ3n) is 3.27. The van der Waals surface area contributed by atoms with Gasteiger partial charge in [0.2, 0.25) is 0 Å². The van der Waals surface area contributed by atoms with Crippen molar-refractivity contribution in [3.05, 3.63) is 59.2 Å². The monoisotopic (exact) mass is 334 g/mol. The predicted octanol–water partition coefficient (Wildman–Crippen LogP) is 1.94. The normalized spacial score (nSPS) is 11.1. The van der Waals surface area contributed by atoms with Crippen LogP contribution in [0, 0.1) is 13.8 Å². The van der Waals surface area contributed by atoms with Gasteiger partial charge in [-0.05, 0) is 49.7 Å². The predicted molar refractivity (Wildman–Crippen MR) is 86.7 cm³/mol. The van der Waals surface area contributed by atoms with Crippen molar-refractivity contribution in [3.8, 4) is 5.75 Å². The van der Waals surface area contributed by atoms with Crippen LogP contribution in [0.5, 0.6) is 5.75 Å². The molecule has 0 fully saturated rings. The molecular weight excluding hydrogens is 316 g/mol. The Bertz CT molecular complexity index is 814. The van der Waals surface area contributed by atoms with Gasteiger partial charge in [0.05, 0.1) is 12.0 Å². The first kappa shape index (κ1) is 17.0. The lowest BCUT2D eigenvalue weighted by Gasteiger charge is -2.11. The molecule has 0 aliphatic carbocycles. The number of amides is 1. The fraction of sp³-hybridized carbons (Fsp3) is 0.188. The van der Waals surface area contributed by atoms with Crippen LogP contribution in [0.2, 0.25) is 0 Å². The second-order valence-corrected chi connectivity index (χ2v) is 6.71. The Balaban J connectivity index is 2.10. The molecule has 7 heteroatoms. The van der Waals surface area contributed by atoms with Crippen LogP contribution < -0.4 is 15.0 Å². The van der Waals surface area contributed by atoms with Crippen molar-refractivity contribution in [3.63, 3.8) is 0 Å². The van der Waals surface area contributed by atoms with Gasteiger partial charge in [0, 0.05) is 5.56 Å². The van der Waals surface area contributed by atoms with Gasteiger partial charge in [0.1, 0.15) is 5.75 Å². The van der Waals surface area contributed by atoms with Crippen LogP contribution in [0.3, 0.4) is 0 Å². The van der Waals surface area contributed by atoms with Crippen molar-refractivity contribution in [1.82, 2.24) is 10.3 Å². The van der Waals surface area contributed by atoms with E-state index in [1.165, 1.54) is 13.2 Å². The number of nitrogens with one attached hydrogen (secondary N) is 2. The molecule has 2 rings (SSSR count). The third-order valence-corrected chi connectivity index (χ3v) is 4.68. The molecule has 1 amide bonds. The van der Waals surface area contributed by atoms with Crippen LogP contribution in [-0.2, 0) is 10.0 Å². The van der Waals surface area contributed by atoms with Crippen molar-refractivity contribution >= 4 is 15.9 Å². The highest BCUT2D eigenvalue weighted by molar-refractivity contribution is 7.89. The van der Waals surface area contributed by atoms with E-state index < -0.39 is 15.9 Å². The van der Waals surface area contributed by atoms with Gasteiger partial charge in [-0.1, -0.05) is 17.7 Å². The molecule has 6 nitrogen and oxygen atoms in total. The lowest BCUT2D eigenvalue weighted by atomic mass is 10.2. The molecule has 0 spiro atoms. The minimum Gasteiger partial charge on any atom is -0.497 e. The second kappa shape index (κ2) is 6.80. The summed E-state index contributed by atoms with van der Waals surface area (Å²) in [5.74, 6) is 0.0541. The lowest BCUT2D eigenvalue weighted by molar-refractivity contribution is 0.0945. The average Bonchev–Trinajstić information content (AvgIpc) is 2.52. The number of methoxy groups -OCH3 is 1. The lowest BCUT2D eigenvalue weighted by Crippen LogP contribution is -2.41. The molecule has 2 aromatic rings. The zero-order chi connectivity index (χ0) is 17.0. The molecule has 122 valence electrons. The molecule has 0 saturated carbocycles. The first-order valence-corrected chi connectivity index (χ1v) is 8.35. The molecule has 23 heavy (non-hydrogen) atoms. The number of sulfonamides is 1. The van der Waals surface area contributed by atoms with E-state index in [1.807, 2.05) is 6.92 Å². The number of hydrogen-bond acceptors (Lipinski definition) is 4. The molecule has 2 N–H and O–H groups in total. The molecule has 0 bridgehead atoms. The number of carbonyl (C=O) groups excluding carboxylic acids is 1. The fourth-order valence-electron chi connectivity index (χ4n) is 2.08. The number of aryl methyl sites for hydroxylation is 2. The Morgan fingerprint density at radius 1 is 1.04 bits per heavy atom. The summed E-state index contributed by atoms with van der Waals surface area (Å²) in [5.41, 5.74) is 4.08. The van der Waals surface area contributed by atoms with Gasteiger partial charge in [0.25, 0.3) is 15.9 Å². The highest BCUT2D eigenvalue weighted by atomic mass is 32.2. The summed E-state index contributed by atoms with van der Waals surface area (Å²) in [6, 6.07) is 11.3. The minimum absolute atomic E-state index is 0.123. The third kappa shape index (κ3) is 4.08. The van der Waals surface area contributed by atoms with E-state index in [-0.39, 0.29) is 4.90 Å². The Hall–Kier alpha value is -2.38. The highest BCUT2D eigenvalue weighted by Crippen LogP contribution is 2.16. The largest absolute Gasteiger partial charge is 0.497 e. The smallest absolute Gasteiger partial charge is 0.266 e. The van der Waals surface area contributed by atoms with Crippen LogP contribution >= 0.6 is 0 Å². The van der Waals surface area contributed by atoms with Crippen LogP contribution in [0.25, 0.3) is 0 Å². The van der Waals surface area contributed by atoms with Crippen LogP contribution in [0.15, 0.2) is 47.4 Å². The minimum atomic E-state index is -3.83. The highest BCUT2D eigenvalue weighted by Gasteiger charge is 2.18. The van der Waals surface area contributed by atoms with E-state index in [1.54, 1.807) is 43.3 Å². The zero-order valence-corrected chi connectivity index (χ0v) is 13.9. The van der Waals surface area contributed by atoms with Gasteiger partial charge >= 0.3 is 0 Å². The van der Waals surface area contributed by atoms with Gasteiger partial charge in [-0.25, -0.2) is 8.42 Å². The van der Waals surface area contributed by atoms with E-state index in [9.17, 15) is 13.2 Å². The van der Waals surface area contributed by atoms with Gasteiger partial charge in [-0.2, -0.15) is 0 Å². The number of carbonyl (C=O) groups is 1. The van der Waals surface area contributed by atoms with Crippen molar-refractivity contribution in [2.75, 3.05) is 7.11 Å². The molecule has 0 atom stereocenters. The SMILES string of the molecule is COc1ccc(C(=O)NNS(=O)(=O)c2ccc(C)cc2C)cc1. The maximum Gasteiger partial charge on any atom is 0.266 e. The Labute approximate surface area is 135 Å².